The molecule has 0 N–H and O–H groups in total. The standard InChI is InChI=1S/C10H11N4O/c1-3-10-11-12-13-14(10)8-4-6-9(15-2)7-5-8/h4-6H,3H2,1-2H3. The molecule has 0 aliphatic rings. The first-order chi connectivity index (χ1) is 7.35. The highest BCUT2D eigenvalue weighted by Gasteiger charge is 2.05. The molecule has 77 valence electrons. The molecule has 0 aliphatic heterocycles. The lowest BCUT2D eigenvalue weighted by atomic mass is 10.3. The number of nitrogens with zero attached hydrogens (tertiary/aromatic N) is 4. The molecular weight excluding hydrogens is 192 g/mol. The molecule has 0 unspecified atom stereocenters. The van der Waals surface area contributed by atoms with E-state index >= 15 is 0 Å². The number of rotatable bonds is 3. The first-order valence-electron chi connectivity index (χ1n) is 4.68. The molecule has 0 amide bonds. The summed E-state index contributed by atoms with van der Waals surface area (Å²) in [5.74, 6) is 1.53. The van der Waals surface area contributed by atoms with Crippen LogP contribution in [-0.2, 0) is 6.42 Å². The van der Waals surface area contributed by atoms with Gasteiger partial charge in [-0.25, -0.2) is 0 Å². The Morgan fingerprint density at radius 2 is 2.33 bits per heavy atom. The van der Waals surface area contributed by atoms with Gasteiger partial charge in [0.2, 0.25) is 0 Å². The lowest BCUT2D eigenvalue weighted by Gasteiger charge is -2.03. The summed E-state index contributed by atoms with van der Waals surface area (Å²) in [6.07, 6.45) is 0.791. The number of hydrogen-bond acceptors (Lipinski definition) is 4. The second kappa shape index (κ2) is 4.08. The molecule has 0 saturated carbocycles. The molecule has 0 aliphatic carbocycles. The lowest BCUT2D eigenvalue weighted by Crippen LogP contribution is -2.01. The van der Waals surface area contributed by atoms with E-state index in [1.54, 1.807) is 17.9 Å². The van der Waals surface area contributed by atoms with Crippen LogP contribution in [0.25, 0.3) is 5.69 Å². The summed E-state index contributed by atoms with van der Waals surface area (Å²) >= 11 is 0. The molecule has 0 spiro atoms. The highest BCUT2D eigenvalue weighted by Crippen LogP contribution is 2.13. The van der Waals surface area contributed by atoms with E-state index in [2.05, 4.69) is 21.6 Å². The normalized spacial score (nSPS) is 10.3. The predicted octanol–water partition coefficient (Wildman–Crippen LogP) is 1.03. The summed E-state index contributed by atoms with van der Waals surface area (Å²) in [5.41, 5.74) is 0.887. The topological polar surface area (TPSA) is 52.8 Å². The number of benzene rings is 1. The Labute approximate surface area is 87.7 Å². The molecule has 0 fully saturated rings. The molecule has 5 heteroatoms. The van der Waals surface area contributed by atoms with Crippen LogP contribution in [0.3, 0.4) is 0 Å². The SMILES string of the molecule is CCc1nnnn1-c1c[c]c(OC)cc1. The van der Waals surface area contributed by atoms with Crippen molar-refractivity contribution in [3.63, 3.8) is 0 Å². The number of tetrazole rings is 1. The Bertz CT molecular complexity index is 435. The maximum atomic E-state index is 5.03. The van der Waals surface area contributed by atoms with Gasteiger partial charge in [0.05, 0.1) is 12.8 Å². The third-order valence-corrected chi connectivity index (χ3v) is 2.08. The van der Waals surface area contributed by atoms with E-state index in [1.165, 1.54) is 0 Å². The van der Waals surface area contributed by atoms with Crippen LogP contribution in [0.15, 0.2) is 18.2 Å². The Morgan fingerprint density at radius 1 is 1.47 bits per heavy atom. The second-order valence-electron chi connectivity index (χ2n) is 2.98. The van der Waals surface area contributed by atoms with Crippen molar-refractivity contribution in [2.45, 2.75) is 13.3 Å². The summed E-state index contributed by atoms with van der Waals surface area (Å²) in [6.45, 7) is 2.01. The van der Waals surface area contributed by atoms with Gasteiger partial charge in [-0.2, -0.15) is 4.68 Å². The number of methoxy groups -OCH3 is 1. The minimum Gasteiger partial charge on any atom is -0.496 e. The zero-order valence-corrected chi connectivity index (χ0v) is 8.64. The van der Waals surface area contributed by atoms with E-state index in [4.69, 9.17) is 4.74 Å². The van der Waals surface area contributed by atoms with Crippen molar-refractivity contribution in [2.24, 2.45) is 0 Å². The van der Waals surface area contributed by atoms with Crippen molar-refractivity contribution >= 4 is 0 Å². The van der Waals surface area contributed by atoms with Crippen LogP contribution in [0.2, 0.25) is 0 Å². The van der Waals surface area contributed by atoms with Gasteiger partial charge in [0.1, 0.15) is 5.75 Å². The average molecular weight is 203 g/mol. The van der Waals surface area contributed by atoms with Gasteiger partial charge in [0.25, 0.3) is 0 Å². The van der Waals surface area contributed by atoms with Crippen molar-refractivity contribution in [3.05, 3.63) is 30.1 Å². The van der Waals surface area contributed by atoms with Crippen molar-refractivity contribution in [1.29, 1.82) is 0 Å². The Hall–Kier alpha value is -1.91. The second-order valence-corrected chi connectivity index (χ2v) is 2.98. The third kappa shape index (κ3) is 1.81. The smallest absolute Gasteiger partial charge is 0.156 e. The van der Waals surface area contributed by atoms with Gasteiger partial charge in [-0.3, -0.25) is 0 Å². The van der Waals surface area contributed by atoms with Crippen LogP contribution in [0.1, 0.15) is 12.7 Å². The van der Waals surface area contributed by atoms with E-state index in [0.29, 0.717) is 5.75 Å². The molecule has 1 radical (unpaired) electrons. The largest absolute Gasteiger partial charge is 0.496 e. The molecule has 1 heterocycles. The quantitative estimate of drug-likeness (QED) is 0.747. The summed E-state index contributed by atoms with van der Waals surface area (Å²) < 4.78 is 6.72. The molecule has 2 rings (SSSR count). The molecule has 1 aromatic carbocycles. The molecule has 5 nitrogen and oxygen atoms in total. The number of aryl methyl sites for hydroxylation is 1. The van der Waals surface area contributed by atoms with Crippen molar-refractivity contribution in [3.8, 4) is 11.4 Å². The fourth-order valence-electron chi connectivity index (χ4n) is 1.29. The van der Waals surface area contributed by atoms with Gasteiger partial charge in [0.15, 0.2) is 5.82 Å². The summed E-state index contributed by atoms with van der Waals surface area (Å²) in [4.78, 5) is 0. The first kappa shape index (κ1) is 9.64. The maximum absolute atomic E-state index is 5.03. The summed E-state index contributed by atoms with van der Waals surface area (Å²) in [6, 6.07) is 8.51. The molecule has 15 heavy (non-hydrogen) atoms. The van der Waals surface area contributed by atoms with Crippen molar-refractivity contribution in [2.75, 3.05) is 7.11 Å². The van der Waals surface area contributed by atoms with Gasteiger partial charge < -0.3 is 4.74 Å². The molecule has 0 bridgehead atoms. The predicted molar refractivity (Wildman–Crippen MR) is 53.9 cm³/mol. The average Bonchev–Trinajstić information content (AvgIpc) is 2.77. The van der Waals surface area contributed by atoms with E-state index in [-0.39, 0.29) is 0 Å². The number of hydrogen-bond donors (Lipinski definition) is 0. The van der Waals surface area contributed by atoms with Gasteiger partial charge in [0, 0.05) is 12.5 Å². The van der Waals surface area contributed by atoms with Crippen LogP contribution < -0.4 is 4.74 Å². The van der Waals surface area contributed by atoms with E-state index < -0.39 is 0 Å². The van der Waals surface area contributed by atoms with E-state index in [9.17, 15) is 0 Å². The fourth-order valence-corrected chi connectivity index (χ4v) is 1.29. The molecule has 1 aromatic heterocycles. The fraction of sp³-hybridized carbons (Fsp3) is 0.300. The number of ether oxygens (including phenoxy) is 1. The van der Waals surface area contributed by atoms with Crippen LogP contribution in [-0.4, -0.2) is 27.3 Å². The highest BCUT2D eigenvalue weighted by atomic mass is 16.5. The molecule has 0 saturated heterocycles. The monoisotopic (exact) mass is 203 g/mol. The summed E-state index contributed by atoms with van der Waals surface area (Å²) in [7, 11) is 1.61. The van der Waals surface area contributed by atoms with Crippen molar-refractivity contribution < 1.29 is 4.74 Å². The van der Waals surface area contributed by atoms with Crippen molar-refractivity contribution in [1.82, 2.24) is 20.2 Å². The van der Waals surface area contributed by atoms with E-state index in [0.717, 1.165) is 17.9 Å². The minimum atomic E-state index is 0.699. The minimum absolute atomic E-state index is 0.699. The molecule has 2 aromatic rings. The van der Waals surface area contributed by atoms with E-state index in [1.807, 2.05) is 19.1 Å². The summed E-state index contributed by atoms with van der Waals surface area (Å²) in [5, 5.41) is 11.4. The zero-order valence-electron chi connectivity index (χ0n) is 8.64. The van der Waals surface area contributed by atoms with Gasteiger partial charge in [-0.05, 0) is 28.6 Å². The van der Waals surface area contributed by atoms with Crippen LogP contribution in [0.5, 0.6) is 5.75 Å². The molecular formula is C10H11N4O. The maximum Gasteiger partial charge on any atom is 0.156 e. The Balaban J connectivity index is 2.37. The first-order valence-corrected chi connectivity index (χ1v) is 4.68. The van der Waals surface area contributed by atoms with Gasteiger partial charge in [-0.15, -0.1) is 5.10 Å². The highest BCUT2D eigenvalue weighted by molar-refractivity contribution is 5.35. The van der Waals surface area contributed by atoms with Gasteiger partial charge in [-0.1, -0.05) is 6.92 Å². The Kier molecular flexibility index (Phi) is 2.62. The Morgan fingerprint density at radius 3 is 2.93 bits per heavy atom. The van der Waals surface area contributed by atoms with Gasteiger partial charge >= 0.3 is 0 Å². The molecule has 0 atom stereocenters. The zero-order chi connectivity index (χ0) is 10.7. The lowest BCUT2D eigenvalue weighted by molar-refractivity contribution is 0.414. The number of aromatic nitrogens is 4. The van der Waals surface area contributed by atoms with Crippen LogP contribution >= 0.6 is 0 Å². The van der Waals surface area contributed by atoms with Crippen LogP contribution in [0, 0.1) is 6.07 Å². The third-order valence-electron chi connectivity index (χ3n) is 2.08. The van der Waals surface area contributed by atoms with Crippen LogP contribution in [0.4, 0.5) is 0 Å².